The molecular formula is C29H26. The number of aryl methyl sites for hydroxylation is 4. The summed E-state index contributed by atoms with van der Waals surface area (Å²) in [5, 5.41) is 0. The van der Waals surface area contributed by atoms with Crippen LogP contribution in [0.3, 0.4) is 0 Å². The predicted octanol–water partition coefficient (Wildman–Crippen LogP) is 7.83. The minimum absolute atomic E-state index is 1.00. The Labute approximate surface area is 173 Å². The predicted molar refractivity (Wildman–Crippen MR) is 125 cm³/mol. The van der Waals surface area contributed by atoms with Gasteiger partial charge in [-0.2, -0.15) is 0 Å². The van der Waals surface area contributed by atoms with Gasteiger partial charge in [-0.3, -0.25) is 0 Å². The van der Waals surface area contributed by atoms with E-state index in [1.54, 1.807) is 0 Å². The van der Waals surface area contributed by atoms with E-state index >= 15 is 0 Å². The van der Waals surface area contributed by atoms with Crippen LogP contribution in [0.1, 0.15) is 33.4 Å². The summed E-state index contributed by atoms with van der Waals surface area (Å²) in [4.78, 5) is 0. The maximum atomic E-state index is 2.33. The van der Waals surface area contributed by atoms with Gasteiger partial charge in [-0.15, -0.1) is 0 Å². The Morgan fingerprint density at radius 3 is 1.24 bits per heavy atom. The van der Waals surface area contributed by atoms with Gasteiger partial charge in [0, 0.05) is 0 Å². The van der Waals surface area contributed by atoms with Gasteiger partial charge in [-0.05, 0) is 101 Å². The lowest BCUT2D eigenvalue weighted by Crippen LogP contribution is -1.95. The smallest absolute Gasteiger partial charge is 0.0000910 e. The molecule has 0 unspecified atom stereocenters. The van der Waals surface area contributed by atoms with Gasteiger partial charge in [-0.25, -0.2) is 0 Å². The average Bonchev–Trinajstić information content (AvgIpc) is 3.08. The van der Waals surface area contributed by atoms with E-state index in [0.29, 0.717) is 0 Å². The molecule has 4 aromatic rings. The zero-order valence-electron chi connectivity index (χ0n) is 17.6. The molecule has 0 aromatic heterocycles. The van der Waals surface area contributed by atoms with Crippen LogP contribution < -0.4 is 0 Å². The van der Waals surface area contributed by atoms with Gasteiger partial charge < -0.3 is 0 Å². The van der Waals surface area contributed by atoms with Crippen LogP contribution in [0.4, 0.5) is 0 Å². The maximum Gasteiger partial charge on any atom is -0.0000910 e. The number of hydrogen-bond acceptors (Lipinski definition) is 0. The maximum absolute atomic E-state index is 2.33. The summed E-state index contributed by atoms with van der Waals surface area (Å²) in [6.07, 6.45) is 1.00. The fourth-order valence-electron chi connectivity index (χ4n) is 5.04. The summed E-state index contributed by atoms with van der Waals surface area (Å²) < 4.78 is 0. The van der Waals surface area contributed by atoms with Crippen LogP contribution in [0.2, 0.25) is 0 Å². The average molecular weight is 375 g/mol. The second-order valence-electron chi connectivity index (χ2n) is 8.37. The van der Waals surface area contributed by atoms with Crippen molar-refractivity contribution in [2.24, 2.45) is 0 Å². The third-order valence-corrected chi connectivity index (χ3v) is 6.52. The molecule has 0 heteroatoms. The molecular weight excluding hydrogens is 348 g/mol. The molecule has 1 aliphatic carbocycles. The third-order valence-electron chi connectivity index (χ3n) is 6.52. The van der Waals surface area contributed by atoms with Crippen LogP contribution in [-0.4, -0.2) is 0 Å². The number of fused-ring (bicyclic) bond motifs is 3. The minimum Gasteiger partial charge on any atom is -0.0620 e. The van der Waals surface area contributed by atoms with Gasteiger partial charge in [0.05, 0.1) is 0 Å². The molecule has 0 N–H and O–H groups in total. The standard InChI is InChI=1S/C29H26/c1-18-9-5-7-11-22(18)28-20(3)13-15-24-25-16-14-21(4)29(27(25)17-26(24)28)23-12-8-6-10-19(23)2/h5-16H,17H2,1-4H3. The second-order valence-corrected chi connectivity index (χ2v) is 8.37. The largest absolute Gasteiger partial charge is 0.0620 e. The molecule has 0 radical (unpaired) electrons. The lowest BCUT2D eigenvalue weighted by molar-refractivity contribution is 1.23. The Morgan fingerprint density at radius 2 is 0.828 bits per heavy atom. The Balaban J connectivity index is 1.78. The lowest BCUT2D eigenvalue weighted by Gasteiger charge is -2.15. The first-order valence-corrected chi connectivity index (χ1v) is 10.4. The molecule has 0 heterocycles. The highest BCUT2D eigenvalue weighted by molar-refractivity contribution is 5.92. The van der Waals surface area contributed by atoms with E-state index in [1.165, 1.54) is 66.8 Å². The highest BCUT2D eigenvalue weighted by atomic mass is 14.3. The second kappa shape index (κ2) is 6.74. The summed E-state index contributed by atoms with van der Waals surface area (Å²) >= 11 is 0. The summed E-state index contributed by atoms with van der Waals surface area (Å²) in [7, 11) is 0. The molecule has 0 saturated carbocycles. The quantitative estimate of drug-likeness (QED) is 0.295. The van der Waals surface area contributed by atoms with Gasteiger partial charge in [0.1, 0.15) is 0 Å². The summed E-state index contributed by atoms with van der Waals surface area (Å²) in [6.45, 7) is 8.94. The van der Waals surface area contributed by atoms with E-state index < -0.39 is 0 Å². The van der Waals surface area contributed by atoms with E-state index in [-0.39, 0.29) is 0 Å². The monoisotopic (exact) mass is 374 g/mol. The first-order chi connectivity index (χ1) is 14.1. The van der Waals surface area contributed by atoms with Crippen LogP contribution in [-0.2, 0) is 6.42 Å². The van der Waals surface area contributed by atoms with Crippen molar-refractivity contribution >= 4 is 0 Å². The fraction of sp³-hybridized carbons (Fsp3) is 0.172. The Morgan fingerprint density at radius 1 is 0.414 bits per heavy atom. The Kier molecular flexibility index (Phi) is 4.17. The summed E-state index contributed by atoms with van der Waals surface area (Å²) in [6, 6.07) is 26.8. The fourth-order valence-corrected chi connectivity index (χ4v) is 5.04. The van der Waals surface area contributed by atoms with Crippen molar-refractivity contribution in [3.05, 3.63) is 106 Å². The molecule has 142 valence electrons. The van der Waals surface area contributed by atoms with Crippen LogP contribution in [0.5, 0.6) is 0 Å². The number of benzene rings is 4. The van der Waals surface area contributed by atoms with E-state index in [4.69, 9.17) is 0 Å². The Hall–Kier alpha value is -3.12. The molecule has 5 rings (SSSR count). The molecule has 0 nitrogen and oxygen atoms in total. The molecule has 0 bridgehead atoms. The van der Waals surface area contributed by atoms with Crippen molar-refractivity contribution in [2.75, 3.05) is 0 Å². The molecule has 0 fully saturated rings. The van der Waals surface area contributed by atoms with Crippen molar-refractivity contribution in [1.82, 2.24) is 0 Å². The van der Waals surface area contributed by atoms with Gasteiger partial charge in [-0.1, -0.05) is 72.8 Å². The van der Waals surface area contributed by atoms with Crippen molar-refractivity contribution in [3.8, 4) is 33.4 Å². The molecule has 0 saturated heterocycles. The van der Waals surface area contributed by atoms with Crippen LogP contribution in [0.15, 0.2) is 72.8 Å². The number of hydrogen-bond donors (Lipinski definition) is 0. The highest BCUT2D eigenvalue weighted by Gasteiger charge is 2.27. The van der Waals surface area contributed by atoms with Crippen molar-refractivity contribution in [3.63, 3.8) is 0 Å². The van der Waals surface area contributed by atoms with Gasteiger partial charge >= 0.3 is 0 Å². The van der Waals surface area contributed by atoms with E-state index in [0.717, 1.165) is 6.42 Å². The van der Waals surface area contributed by atoms with E-state index in [1.807, 2.05) is 0 Å². The first-order valence-electron chi connectivity index (χ1n) is 10.4. The summed E-state index contributed by atoms with van der Waals surface area (Å²) in [5.41, 5.74) is 16.7. The number of rotatable bonds is 2. The van der Waals surface area contributed by atoms with Gasteiger partial charge in [0.2, 0.25) is 0 Å². The van der Waals surface area contributed by atoms with Crippen LogP contribution in [0.25, 0.3) is 33.4 Å². The highest BCUT2D eigenvalue weighted by Crippen LogP contribution is 2.47. The minimum atomic E-state index is 1.00. The van der Waals surface area contributed by atoms with Gasteiger partial charge in [0.25, 0.3) is 0 Å². The molecule has 0 aliphatic heterocycles. The van der Waals surface area contributed by atoms with Gasteiger partial charge in [0.15, 0.2) is 0 Å². The first kappa shape index (κ1) is 17.9. The van der Waals surface area contributed by atoms with Crippen molar-refractivity contribution in [2.45, 2.75) is 34.1 Å². The normalized spacial score (nSPS) is 12.0. The lowest BCUT2D eigenvalue weighted by atomic mass is 9.89. The molecule has 0 amide bonds. The zero-order chi connectivity index (χ0) is 20.1. The molecule has 4 aromatic carbocycles. The van der Waals surface area contributed by atoms with Crippen molar-refractivity contribution in [1.29, 1.82) is 0 Å². The topological polar surface area (TPSA) is 0 Å². The van der Waals surface area contributed by atoms with Crippen LogP contribution >= 0.6 is 0 Å². The van der Waals surface area contributed by atoms with Crippen LogP contribution in [0, 0.1) is 27.7 Å². The third kappa shape index (κ3) is 2.75. The zero-order valence-corrected chi connectivity index (χ0v) is 17.6. The summed E-state index contributed by atoms with van der Waals surface area (Å²) in [5.74, 6) is 0. The molecule has 0 atom stereocenters. The SMILES string of the molecule is Cc1ccccc1-c1c(C)ccc2c1Cc1c-2ccc(C)c1-c1ccccc1C. The van der Waals surface area contributed by atoms with Crippen molar-refractivity contribution < 1.29 is 0 Å². The molecule has 1 aliphatic rings. The molecule has 29 heavy (non-hydrogen) atoms. The van der Waals surface area contributed by atoms with E-state index in [9.17, 15) is 0 Å². The Bertz CT molecular complexity index is 1160. The van der Waals surface area contributed by atoms with E-state index in [2.05, 4.69) is 100 Å². The molecule has 0 spiro atoms.